The average Bonchev–Trinajstić information content (AvgIpc) is 3.02. The summed E-state index contributed by atoms with van der Waals surface area (Å²) in [6.45, 7) is 0.394. The number of nitrogens with zero attached hydrogens (tertiary/aromatic N) is 3. The number of hydrogen-bond acceptors (Lipinski definition) is 7. The van der Waals surface area contributed by atoms with Gasteiger partial charge in [0.25, 0.3) is 0 Å². The van der Waals surface area contributed by atoms with Crippen molar-refractivity contribution in [3.63, 3.8) is 0 Å². The molecule has 0 aliphatic heterocycles. The maximum atomic E-state index is 5.39. The van der Waals surface area contributed by atoms with Crippen LogP contribution >= 0.6 is 34.4 Å². The molecule has 2 rings (SSSR count). The van der Waals surface area contributed by atoms with E-state index in [4.69, 9.17) is 5.73 Å². The lowest BCUT2D eigenvalue weighted by atomic mass is 10.3. The van der Waals surface area contributed by atoms with Crippen molar-refractivity contribution < 1.29 is 0 Å². The number of thiophene rings is 1. The van der Waals surface area contributed by atoms with Gasteiger partial charge in [-0.05, 0) is 11.4 Å². The summed E-state index contributed by atoms with van der Waals surface area (Å²) in [5, 5.41) is 11.3. The van der Waals surface area contributed by atoms with Gasteiger partial charge in [-0.25, -0.2) is 0 Å². The third-order valence-electron chi connectivity index (χ3n) is 2.18. The maximum absolute atomic E-state index is 5.39. The third-order valence-corrected chi connectivity index (χ3v) is 5.53. The molecule has 0 aliphatic rings. The third kappa shape index (κ3) is 3.94. The smallest absolute Gasteiger partial charge is 0.208 e. The molecule has 2 heterocycles. The maximum Gasteiger partial charge on any atom is 0.208 e. The van der Waals surface area contributed by atoms with Gasteiger partial charge in [0.2, 0.25) is 5.13 Å². The molecule has 19 heavy (non-hydrogen) atoms. The van der Waals surface area contributed by atoms with Crippen LogP contribution in [0, 0.1) is 11.8 Å². The van der Waals surface area contributed by atoms with Crippen molar-refractivity contribution in [1.82, 2.24) is 10.2 Å². The second kappa shape index (κ2) is 6.91. The van der Waals surface area contributed by atoms with Gasteiger partial charge in [-0.3, -0.25) is 0 Å². The number of hydrogen-bond donors (Lipinski definition) is 1. The predicted molar refractivity (Wildman–Crippen MR) is 84.0 cm³/mol. The molecule has 0 saturated heterocycles. The monoisotopic (exact) mass is 310 g/mol. The molecular formula is C12H14N4S3. The SMILES string of the molecule is CN(C)c1nnc(SCc2sccc2C#CCN)s1. The quantitative estimate of drug-likeness (QED) is 0.693. The highest BCUT2D eigenvalue weighted by molar-refractivity contribution is 8.00. The van der Waals surface area contributed by atoms with Gasteiger partial charge in [0.15, 0.2) is 4.34 Å². The van der Waals surface area contributed by atoms with E-state index in [-0.39, 0.29) is 0 Å². The molecule has 7 heteroatoms. The lowest BCUT2D eigenvalue weighted by Gasteiger charge is -2.03. The molecule has 0 aliphatic carbocycles. The van der Waals surface area contributed by atoms with Crippen LogP contribution in [-0.4, -0.2) is 30.8 Å². The fraction of sp³-hybridized carbons (Fsp3) is 0.333. The zero-order valence-electron chi connectivity index (χ0n) is 10.7. The van der Waals surface area contributed by atoms with Gasteiger partial charge in [-0.2, -0.15) is 0 Å². The summed E-state index contributed by atoms with van der Waals surface area (Å²) >= 11 is 5.01. The number of anilines is 1. The highest BCUT2D eigenvalue weighted by Crippen LogP contribution is 2.31. The van der Waals surface area contributed by atoms with Crippen molar-refractivity contribution in [3.8, 4) is 11.8 Å². The molecule has 0 unspecified atom stereocenters. The van der Waals surface area contributed by atoms with Gasteiger partial charge < -0.3 is 10.6 Å². The van der Waals surface area contributed by atoms with Crippen LogP contribution in [0.4, 0.5) is 5.13 Å². The summed E-state index contributed by atoms with van der Waals surface area (Å²) in [5.41, 5.74) is 6.46. The molecule has 0 spiro atoms. The highest BCUT2D eigenvalue weighted by Gasteiger charge is 2.08. The zero-order chi connectivity index (χ0) is 13.7. The minimum absolute atomic E-state index is 0.394. The Kier molecular flexibility index (Phi) is 5.22. The summed E-state index contributed by atoms with van der Waals surface area (Å²) < 4.78 is 0.981. The topological polar surface area (TPSA) is 55.0 Å². The van der Waals surface area contributed by atoms with Crippen LogP contribution in [0.1, 0.15) is 10.4 Å². The summed E-state index contributed by atoms with van der Waals surface area (Å²) in [4.78, 5) is 3.22. The van der Waals surface area contributed by atoms with E-state index in [1.54, 1.807) is 34.4 Å². The Balaban J connectivity index is 2.00. The molecule has 0 saturated carbocycles. The van der Waals surface area contributed by atoms with Gasteiger partial charge in [0, 0.05) is 30.3 Å². The number of aromatic nitrogens is 2. The summed E-state index contributed by atoms with van der Waals surface area (Å²) in [5.74, 6) is 6.85. The minimum atomic E-state index is 0.394. The minimum Gasteiger partial charge on any atom is -0.353 e. The van der Waals surface area contributed by atoms with Gasteiger partial charge in [-0.1, -0.05) is 34.9 Å². The summed E-state index contributed by atoms with van der Waals surface area (Å²) in [6.07, 6.45) is 0. The second-order valence-corrected chi connectivity index (χ2v) is 6.98. The van der Waals surface area contributed by atoms with Crippen molar-refractivity contribution in [1.29, 1.82) is 0 Å². The Morgan fingerprint density at radius 3 is 2.95 bits per heavy atom. The Bertz CT molecular complexity index is 591. The number of rotatable bonds is 4. The van der Waals surface area contributed by atoms with Crippen LogP contribution < -0.4 is 10.6 Å². The van der Waals surface area contributed by atoms with E-state index in [0.717, 1.165) is 20.8 Å². The molecule has 100 valence electrons. The fourth-order valence-corrected chi connectivity index (χ4v) is 3.99. The van der Waals surface area contributed by atoms with Crippen molar-refractivity contribution in [2.24, 2.45) is 5.73 Å². The lowest BCUT2D eigenvalue weighted by Crippen LogP contribution is -2.07. The number of nitrogens with two attached hydrogens (primary N) is 1. The largest absolute Gasteiger partial charge is 0.353 e. The van der Waals surface area contributed by atoms with Crippen molar-refractivity contribution in [3.05, 3.63) is 21.9 Å². The second-order valence-electron chi connectivity index (χ2n) is 3.80. The molecule has 0 fully saturated rings. The van der Waals surface area contributed by atoms with Crippen molar-refractivity contribution in [2.45, 2.75) is 10.1 Å². The fourth-order valence-electron chi connectivity index (χ4n) is 1.28. The summed E-state index contributed by atoms with van der Waals surface area (Å²) in [6, 6.07) is 2.04. The Morgan fingerprint density at radius 1 is 1.42 bits per heavy atom. The first-order valence-corrected chi connectivity index (χ1v) is 8.28. The number of thioether (sulfide) groups is 1. The molecule has 0 bridgehead atoms. The zero-order valence-corrected chi connectivity index (χ0v) is 13.2. The molecule has 0 aromatic carbocycles. The normalized spacial score (nSPS) is 10.1. The Morgan fingerprint density at radius 2 is 2.26 bits per heavy atom. The first-order chi connectivity index (χ1) is 9.20. The molecule has 0 radical (unpaired) electrons. The lowest BCUT2D eigenvalue weighted by molar-refractivity contribution is 0.972. The molecule has 0 amide bonds. The van der Waals surface area contributed by atoms with E-state index < -0.39 is 0 Å². The van der Waals surface area contributed by atoms with Gasteiger partial charge in [-0.15, -0.1) is 21.5 Å². The van der Waals surface area contributed by atoms with Gasteiger partial charge >= 0.3 is 0 Å². The molecule has 4 nitrogen and oxygen atoms in total. The Labute approximate surface area is 125 Å². The first-order valence-electron chi connectivity index (χ1n) is 5.59. The van der Waals surface area contributed by atoms with E-state index >= 15 is 0 Å². The highest BCUT2D eigenvalue weighted by atomic mass is 32.2. The first kappa shape index (κ1) is 14.3. The molecule has 0 atom stereocenters. The predicted octanol–water partition coefficient (Wildman–Crippen LogP) is 2.27. The standard InChI is InChI=1S/C12H14N4S3/c1-16(2)11-14-15-12(19-11)18-8-10-9(4-3-6-13)5-7-17-10/h5,7H,6,8,13H2,1-2H3. The van der Waals surface area contributed by atoms with Crippen LogP contribution in [0.3, 0.4) is 0 Å². The summed E-state index contributed by atoms with van der Waals surface area (Å²) in [7, 11) is 3.93. The van der Waals surface area contributed by atoms with E-state index in [1.807, 2.05) is 25.1 Å². The molecular weight excluding hydrogens is 296 g/mol. The van der Waals surface area contributed by atoms with Crippen molar-refractivity contribution >= 4 is 39.6 Å². The van der Waals surface area contributed by atoms with Crippen LogP contribution in [0.25, 0.3) is 0 Å². The molecule has 2 aromatic rings. The van der Waals surface area contributed by atoms with E-state index in [2.05, 4.69) is 27.4 Å². The Hall–Kier alpha value is -1.07. The van der Waals surface area contributed by atoms with Crippen LogP contribution in [0.5, 0.6) is 0 Å². The van der Waals surface area contributed by atoms with Crippen LogP contribution in [0.15, 0.2) is 15.8 Å². The van der Waals surface area contributed by atoms with E-state index in [0.29, 0.717) is 6.54 Å². The van der Waals surface area contributed by atoms with Gasteiger partial charge in [0.1, 0.15) is 0 Å². The average molecular weight is 310 g/mol. The van der Waals surface area contributed by atoms with E-state index in [1.165, 1.54) is 4.88 Å². The van der Waals surface area contributed by atoms with Crippen LogP contribution in [-0.2, 0) is 5.75 Å². The molecule has 2 N–H and O–H groups in total. The molecule has 2 aromatic heterocycles. The van der Waals surface area contributed by atoms with E-state index in [9.17, 15) is 0 Å². The van der Waals surface area contributed by atoms with Crippen molar-refractivity contribution in [2.75, 3.05) is 25.5 Å². The van der Waals surface area contributed by atoms with Gasteiger partial charge in [0.05, 0.1) is 6.54 Å². The van der Waals surface area contributed by atoms with Crippen LogP contribution in [0.2, 0.25) is 0 Å².